The highest BCUT2D eigenvalue weighted by Crippen LogP contribution is 2.27. The number of hydrogen-bond donors (Lipinski definition) is 1. The number of rotatable bonds is 9. The van der Waals surface area contributed by atoms with Gasteiger partial charge in [-0.25, -0.2) is 0 Å². The molecule has 5 heteroatoms. The van der Waals surface area contributed by atoms with Crippen LogP contribution in [0.4, 0.5) is 0 Å². The first kappa shape index (κ1) is 19.6. The van der Waals surface area contributed by atoms with Gasteiger partial charge in [0.2, 0.25) is 0 Å². The van der Waals surface area contributed by atoms with Gasteiger partial charge < -0.3 is 19.5 Å². The number of methoxy groups -OCH3 is 1. The van der Waals surface area contributed by atoms with E-state index in [4.69, 9.17) is 14.2 Å². The zero-order valence-electron chi connectivity index (χ0n) is 15.8. The van der Waals surface area contributed by atoms with Gasteiger partial charge in [0.05, 0.1) is 13.2 Å². The molecular weight excluding hydrogens is 330 g/mol. The molecule has 0 unspecified atom stereocenters. The van der Waals surface area contributed by atoms with Crippen molar-refractivity contribution in [3.05, 3.63) is 54.1 Å². The highest BCUT2D eigenvalue weighted by atomic mass is 16.5. The fourth-order valence-corrected chi connectivity index (χ4v) is 2.50. The molecule has 140 valence electrons. The van der Waals surface area contributed by atoms with E-state index in [-0.39, 0.29) is 11.9 Å². The average molecular weight is 357 g/mol. The Hall–Kier alpha value is -2.69. The Bertz CT molecular complexity index is 717. The zero-order valence-corrected chi connectivity index (χ0v) is 15.8. The summed E-state index contributed by atoms with van der Waals surface area (Å²) in [6, 6.07) is 15.0. The molecule has 0 spiro atoms. The first-order valence-corrected chi connectivity index (χ1v) is 8.83. The fraction of sp³-hybridized carbons (Fsp3) is 0.381. The number of benzene rings is 2. The lowest BCUT2D eigenvalue weighted by Gasteiger charge is -2.21. The molecule has 0 aromatic heterocycles. The Labute approximate surface area is 155 Å². The molecule has 5 nitrogen and oxygen atoms in total. The van der Waals surface area contributed by atoms with E-state index in [0.29, 0.717) is 24.5 Å². The smallest absolute Gasteiger partial charge is 0.261 e. The molecule has 0 bridgehead atoms. The van der Waals surface area contributed by atoms with Crippen LogP contribution in [0.25, 0.3) is 0 Å². The Balaban J connectivity index is 1.90. The second-order valence-electron chi connectivity index (χ2n) is 6.15. The van der Waals surface area contributed by atoms with E-state index in [1.165, 1.54) is 0 Å². The number of ether oxygens (including phenoxy) is 3. The third-order valence-corrected chi connectivity index (χ3v) is 3.97. The summed E-state index contributed by atoms with van der Waals surface area (Å²) in [7, 11) is 1.58. The molecular formula is C21H27NO4. The second-order valence-corrected chi connectivity index (χ2v) is 6.15. The number of para-hydroxylation sites is 3. The van der Waals surface area contributed by atoms with Gasteiger partial charge in [-0.2, -0.15) is 0 Å². The van der Waals surface area contributed by atoms with Crippen LogP contribution >= 0.6 is 0 Å². The van der Waals surface area contributed by atoms with Crippen molar-refractivity contribution in [2.75, 3.05) is 13.7 Å². The van der Waals surface area contributed by atoms with Crippen molar-refractivity contribution in [2.24, 2.45) is 0 Å². The lowest BCUT2D eigenvalue weighted by molar-refractivity contribution is -0.129. The molecule has 1 N–H and O–H groups in total. The van der Waals surface area contributed by atoms with Crippen molar-refractivity contribution in [3.63, 3.8) is 0 Å². The van der Waals surface area contributed by atoms with Crippen LogP contribution in [0.15, 0.2) is 48.5 Å². The van der Waals surface area contributed by atoms with E-state index >= 15 is 0 Å². The number of amides is 1. The molecule has 26 heavy (non-hydrogen) atoms. The summed E-state index contributed by atoms with van der Waals surface area (Å²) in [4.78, 5) is 12.5. The maximum atomic E-state index is 12.5. The minimum atomic E-state index is -0.591. The molecule has 2 aromatic rings. The van der Waals surface area contributed by atoms with Crippen molar-refractivity contribution in [3.8, 4) is 17.2 Å². The Kier molecular flexibility index (Phi) is 7.33. The predicted octanol–water partition coefficient (Wildman–Crippen LogP) is 3.74. The summed E-state index contributed by atoms with van der Waals surface area (Å²) in [5, 5.41) is 2.95. The molecule has 1 amide bonds. The van der Waals surface area contributed by atoms with Crippen LogP contribution in [-0.4, -0.2) is 31.8 Å². The van der Waals surface area contributed by atoms with Gasteiger partial charge in [0, 0.05) is 0 Å². The van der Waals surface area contributed by atoms with E-state index in [1.807, 2.05) is 57.2 Å². The lowest BCUT2D eigenvalue weighted by atomic mass is 10.2. The molecule has 0 aliphatic heterocycles. The summed E-state index contributed by atoms with van der Waals surface area (Å²) < 4.78 is 16.9. The van der Waals surface area contributed by atoms with Crippen molar-refractivity contribution in [1.29, 1.82) is 0 Å². The maximum Gasteiger partial charge on any atom is 0.261 e. The molecule has 0 aliphatic rings. The molecule has 0 radical (unpaired) electrons. The number of hydrogen-bond acceptors (Lipinski definition) is 4. The normalized spacial score (nSPS) is 12.8. The predicted molar refractivity (Wildman–Crippen MR) is 102 cm³/mol. The largest absolute Gasteiger partial charge is 0.493 e. The third-order valence-electron chi connectivity index (χ3n) is 3.97. The van der Waals surface area contributed by atoms with Gasteiger partial charge >= 0.3 is 0 Å². The second kappa shape index (κ2) is 9.70. The highest BCUT2D eigenvalue weighted by Gasteiger charge is 2.21. The van der Waals surface area contributed by atoms with E-state index in [0.717, 1.165) is 11.3 Å². The molecule has 0 fully saturated rings. The van der Waals surface area contributed by atoms with Crippen LogP contribution in [-0.2, 0) is 4.79 Å². The summed E-state index contributed by atoms with van der Waals surface area (Å²) in [6.45, 7) is 6.20. The van der Waals surface area contributed by atoms with E-state index in [1.54, 1.807) is 19.2 Å². The first-order valence-electron chi connectivity index (χ1n) is 8.83. The number of carbonyl (C=O) groups is 1. The van der Waals surface area contributed by atoms with Gasteiger partial charge in [0.25, 0.3) is 5.91 Å². The highest BCUT2D eigenvalue weighted by molar-refractivity contribution is 5.81. The van der Waals surface area contributed by atoms with E-state index in [9.17, 15) is 4.79 Å². The average Bonchev–Trinajstić information content (AvgIpc) is 2.65. The fourth-order valence-electron chi connectivity index (χ4n) is 2.50. The van der Waals surface area contributed by atoms with E-state index < -0.39 is 6.10 Å². The lowest BCUT2D eigenvalue weighted by Crippen LogP contribution is -2.44. The number of aryl methyl sites for hydroxylation is 1. The first-order chi connectivity index (χ1) is 12.5. The molecule has 0 heterocycles. The third kappa shape index (κ3) is 5.41. The van der Waals surface area contributed by atoms with Crippen molar-refractivity contribution >= 4 is 5.91 Å². The van der Waals surface area contributed by atoms with Gasteiger partial charge in [-0.3, -0.25) is 4.79 Å². The number of carbonyl (C=O) groups excluding carboxylic acids is 1. The minimum Gasteiger partial charge on any atom is -0.493 e. The molecule has 2 aromatic carbocycles. The summed E-state index contributed by atoms with van der Waals surface area (Å²) in [6.07, 6.45) is -0.0397. The van der Waals surface area contributed by atoms with Crippen LogP contribution < -0.4 is 19.5 Å². The topological polar surface area (TPSA) is 56.8 Å². The molecule has 2 atom stereocenters. The van der Waals surface area contributed by atoms with Crippen LogP contribution in [0, 0.1) is 6.92 Å². The number of nitrogens with one attached hydrogen (secondary N) is 1. The summed E-state index contributed by atoms with van der Waals surface area (Å²) >= 11 is 0. The standard InChI is InChI=1S/C21H27NO4/c1-5-17(26-20-13-9-8-12-19(20)24-4)21(23)22-16(3)14-25-18-11-7-6-10-15(18)2/h6-13,16-17H,5,14H2,1-4H3,(H,22,23)/t16-,17+/m1/s1. The van der Waals surface area contributed by atoms with Crippen molar-refractivity contribution < 1.29 is 19.0 Å². The Morgan fingerprint density at radius 1 is 1.04 bits per heavy atom. The molecule has 2 rings (SSSR count). The Morgan fingerprint density at radius 2 is 1.65 bits per heavy atom. The monoisotopic (exact) mass is 357 g/mol. The van der Waals surface area contributed by atoms with Crippen molar-refractivity contribution in [2.45, 2.75) is 39.3 Å². The minimum absolute atomic E-state index is 0.141. The SMILES string of the molecule is CC[C@H](Oc1ccccc1OC)C(=O)N[C@H](C)COc1ccccc1C. The van der Waals surface area contributed by atoms with Crippen LogP contribution in [0.5, 0.6) is 17.2 Å². The summed E-state index contributed by atoms with van der Waals surface area (Å²) in [5.74, 6) is 1.82. The van der Waals surface area contributed by atoms with Crippen molar-refractivity contribution in [1.82, 2.24) is 5.32 Å². The zero-order chi connectivity index (χ0) is 18.9. The van der Waals surface area contributed by atoms with Gasteiger partial charge in [0.1, 0.15) is 12.4 Å². The van der Waals surface area contributed by atoms with Crippen LogP contribution in [0.1, 0.15) is 25.8 Å². The van der Waals surface area contributed by atoms with E-state index in [2.05, 4.69) is 5.32 Å². The summed E-state index contributed by atoms with van der Waals surface area (Å²) in [5.41, 5.74) is 1.07. The van der Waals surface area contributed by atoms with Crippen LogP contribution in [0.3, 0.4) is 0 Å². The molecule has 0 aliphatic carbocycles. The maximum absolute atomic E-state index is 12.5. The quantitative estimate of drug-likeness (QED) is 0.743. The van der Waals surface area contributed by atoms with Gasteiger partial charge in [-0.05, 0) is 44.0 Å². The molecule has 0 saturated carbocycles. The Morgan fingerprint density at radius 3 is 2.27 bits per heavy atom. The van der Waals surface area contributed by atoms with Crippen LogP contribution in [0.2, 0.25) is 0 Å². The molecule has 0 saturated heterocycles. The van der Waals surface area contributed by atoms with Gasteiger partial charge in [-0.1, -0.05) is 37.3 Å². The van der Waals surface area contributed by atoms with Gasteiger partial charge in [-0.15, -0.1) is 0 Å². The van der Waals surface area contributed by atoms with Gasteiger partial charge in [0.15, 0.2) is 17.6 Å².